The summed E-state index contributed by atoms with van der Waals surface area (Å²) < 4.78 is 4.97. The van der Waals surface area contributed by atoms with Crippen molar-refractivity contribution in [3.8, 4) is 0 Å². The average Bonchev–Trinajstić information content (AvgIpc) is 3.00. The molecule has 3 amide bonds. The number of ether oxygens (including phenoxy) is 1. The van der Waals surface area contributed by atoms with Crippen LogP contribution in [0.4, 0.5) is 21.0 Å². The number of amides is 3. The second kappa shape index (κ2) is 8.29. The van der Waals surface area contributed by atoms with Gasteiger partial charge >= 0.3 is 12.1 Å². The van der Waals surface area contributed by atoms with Gasteiger partial charge in [0.05, 0.1) is 12.6 Å². The third-order valence-corrected chi connectivity index (χ3v) is 5.30. The molecule has 2 saturated heterocycles. The molecule has 7 nitrogen and oxygen atoms in total. The van der Waals surface area contributed by atoms with Crippen LogP contribution in [0.15, 0.2) is 48.8 Å². The monoisotopic (exact) mass is 380 g/mol. The largest absolute Gasteiger partial charge is 0.447 e. The lowest BCUT2D eigenvalue weighted by molar-refractivity contribution is 0.181. The van der Waals surface area contributed by atoms with Crippen molar-refractivity contribution in [3.63, 3.8) is 0 Å². The third kappa shape index (κ3) is 3.93. The number of anilines is 2. The zero-order chi connectivity index (χ0) is 19.3. The Labute approximate surface area is 164 Å². The van der Waals surface area contributed by atoms with Crippen LogP contribution in [0.2, 0.25) is 0 Å². The Morgan fingerprint density at radius 3 is 2.54 bits per heavy atom. The van der Waals surface area contributed by atoms with Gasteiger partial charge in [-0.2, -0.15) is 0 Å². The molecule has 0 spiro atoms. The molecule has 1 aromatic heterocycles. The van der Waals surface area contributed by atoms with Crippen molar-refractivity contribution in [2.24, 2.45) is 0 Å². The smallest absolute Gasteiger partial charge is 0.414 e. The number of carbonyl (C=O) groups is 2. The number of benzene rings is 1. The molecule has 1 N–H and O–H groups in total. The van der Waals surface area contributed by atoms with Gasteiger partial charge in [-0.25, -0.2) is 9.59 Å². The molecule has 2 fully saturated rings. The Kier molecular flexibility index (Phi) is 5.41. The van der Waals surface area contributed by atoms with Crippen LogP contribution in [0.5, 0.6) is 0 Å². The van der Waals surface area contributed by atoms with Gasteiger partial charge in [0.2, 0.25) is 0 Å². The number of urea groups is 1. The van der Waals surface area contributed by atoms with Gasteiger partial charge in [-0.15, -0.1) is 0 Å². The summed E-state index contributed by atoms with van der Waals surface area (Å²) in [7, 11) is 0. The molecule has 0 radical (unpaired) electrons. The van der Waals surface area contributed by atoms with Crippen molar-refractivity contribution >= 4 is 23.5 Å². The topological polar surface area (TPSA) is 74.8 Å². The number of nitrogens with zero attached hydrogens (tertiary/aromatic N) is 3. The molecule has 3 heterocycles. The molecule has 0 saturated carbocycles. The highest BCUT2D eigenvalue weighted by Gasteiger charge is 2.27. The van der Waals surface area contributed by atoms with E-state index in [1.54, 1.807) is 17.3 Å². The van der Waals surface area contributed by atoms with E-state index >= 15 is 0 Å². The highest BCUT2D eigenvalue weighted by molar-refractivity contribution is 5.92. The number of hydrogen-bond acceptors (Lipinski definition) is 4. The SMILES string of the molecule is O=C1OCCN1c1ccc(NC(=O)N2CCCCCC2c2ccncc2)cc1. The van der Waals surface area contributed by atoms with E-state index in [1.807, 2.05) is 41.3 Å². The van der Waals surface area contributed by atoms with Gasteiger partial charge in [-0.1, -0.05) is 12.8 Å². The molecule has 4 rings (SSSR count). The maximum absolute atomic E-state index is 13.0. The van der Waals surface area contributed by atoms with E-state index in [4.69, 9.17) is 4.74 Å². The quantitative estimate of drug-likeness (QED) is 0.866. The van der Waals surface area contributed by atoms with E-state index in [2.05, 4.69) is 10.3 Å². The van der Waals surface area contributed by atoms with Crippen molar-refractivity contribution in [1.82, 2.24) is 9.88 Å². The predicted octanol–water partition coefficient (Wildman–Crippen LogP) is 4.19. The Balaban J connectivity index is 1.47. The molecule has 1 aromatic carbocycles. The number of aromatic nitrogens is 1. The second-order valence-corrected chi connectivity index (χ2v) is 7.08. The molecule has 2 aromatic rings. The van der Waals surface area contributed by atoms with Crippen LogP contribution in [0.25, 0.3) is 0 Å². The van der Waals surface area contributed by atoms with Gasteiger partial charge in [-0.05, 0) is 54.8 Å². The normalized spacial score (nSPS) is 19.9. The molecule has 146 valence electrons. The highest BCUT2D eigenvalue weighted by atomic mass is 16.6. The average molecular weight is 380 g/mol. The van der Waals surface area contributed by atoms with Crippen LogP contribution >= 0.6 is 0 Å². The zero-order valence-corrected chi connectivity index (χ0v) is 15.7. The minimum absolute atomic E-state index is 0.0594. The number of likely N-dealkylation sites (tertiary alicyclic amines) is 1. The number of hydrogen-bond donors (Lipinski definition) is 1. The van der Waals surface area contributed by atoms with Crippen molar-refractivity contribution in [2.45, 2.75) is 31.7 Å². The first kappa shape index (κ1) is 18.3. The Bertz CT molecular complexity index is 825. The lowest BCUT2D eigenvalue weighted by Gasteiger charge is -2.30. The fraction of sp³-hybridized carbons (Fsp3) is 0.381. The van der Waals surface area contributed by atoms with Crippen LogP contribution < -0.4 is 10.2 Å². The number of carbonyl (C=O) groups excluding carboxylic acids is 2. The number of cyclic esters (lactones) is 1. The zero-order valence-electron chi connectivity index (χ0n) is 15.7. The number of rotatable bonds is 3. The molecular weight excluding hydrogens is 356 g/mol. The summed E-state index contributed by atoms with van der Waals surface area (Å²) in [5.74, 6) is 0. The van der Waals surface area contributed by atoms with Gasteiger partial charge in [-0.3, -0.25) is 9.88 Å². The fourth-order valence-electron chi connectivity index (χ4n) is 3.83. The lowest BCUT2D eigenvalue weighted by Crippen LogP contribution is -2.38. The van der Waals surface area contributed by atoms with Crippen molar-refractivity contribution in [3.05, 3.63) is 54.4 Å². The maximum Gasteiger partial charge on any atom is 0.414 e. The van der Waals surface area contributed by atoms with Crippen molar-refractivity contribution < 1.29 is 14.3 Å². The van der Waals surface area contributed by atoms with E-state index in [0.29, 0.717) is 18.8 Å². The number of pyridine rings is 1. The van der Waals surface area contributed by atoms with Gasteiger partial charge in [0.25, 0.3) is 0 Å². The summed E-state index contributed by atoms with van der Waals surface area (Å²) in [6.07, 6.45) is 7.42. The van der Waals surface area contributed by atoms with Gasteiger partial charge in [0, 0.05) is 30.3 Å². The van der Waals surface area contributed by atoms with Crippen LogP contribution in [0.3, 0.4) is 0 Å². The molecule has 2 aliphatic heterocycles. The third-order valence-electron chi connectivity index (χ3n) is 5.30. The molecule has 0 aliphatic carbocycles. The van der Waals surface area contributed by atoms with E-state index in [-0.39, 0.29) is 18.2 Å². The molecule has 1 atom stereocenters. The Morgan fingerprint density at radius 2 is 1.82 bits per heavy atom. The first-order chi connectivity index (χ1) is 13.7. The van der Waals surface area contributed by atoms with Crippen molar-refractivity contribution in [2.75, 3.05) is 29.9 Å². The van der Waals surface area contributed by atoms with Crippen LogP contribution in [0.1, 0.15) is 37.3 Å². The fourth-order valence-corrected chi connectivity index (χ4v) is 3.83. The van der Waals surface area contributed by atoms with Gasteiger partial charge in [0.1, 0.15) is 6.61 Å². The minimum Gasteiger partial charge on any atom is -0.447 e. The minimum atomic E-state index is -0.332. The van der Waals surface area contributed by atoms with Gasteiger partial charge < -0.3 is 15.0 Å². The van der Waals surface area contributed by atoms with E-state index in [0.717, 1.165) is 43.5 Å². The summed E-state index contributed by atoms with van der Waals surface area (Å²) in [4.78, 5) is 32.3. The molecular formula is C21H24N4O3. The molecule has 1 unspecified atom stereocenters. The van der Waals surface area contributed by atoms with E-state index < -0.39 is 0 Å². The molecule has 2 aliphatic rings. The molecule has 28 heavy (non-hydrogen) atoms. The Morgan fingerprint density at radius 1 is 1.04 bits per heavy atom. The van der Waals surface area contributed by atoms with Crippen LogP contribution in [-0.2, 0) is 4.74 Å². The standard InChI is InChI=1S/C21H24N4O3/c26-20(23-17-5-7-18(8-6-17)24-14-15-28-21(24)27)25-13-3-1-2-4-19(25)16-9-11-22-12-10-16/h5-12,19H,1-4,13-15H2,(H,23,26). The summed E-state index contributed by atoms with van der Waals surface area (Å²) >= 11 is 0. The van der Waals surface area contributed by atoms with Crippen LogP contribution in [0, 0.1) is 0 Å². The van der Waals surface area contributed by atoms with Gasteiger partial charge in [0.15, 0.2) is 0 Å². The number of nitrogens with one attached hydrogen (secondary N) is 1. The van der Waals surface area contributed by atoms with E-state index in [9.17, 15) is 9.59 Å². The highest BCUT2D eigenvalue weighted by Crippen LogP contribution is 2.30. The first-order valence-corrected chi connectivity index (χ1v) is 9.74. The summed E-state index contributed by atoms with van der Waals surface area (Å²) in [5.41, 5.74) is 2.60. The van der Waals surface area contributed by atoms with Crippen molar-refractivity contribution in [1.29, 1.82) is 0 Å². The Hall–Kier alpha value is -3.09. The molecule has 7 heteroatoms. The summed E-state index contributed by atoms with van der Waals surface area (Å²) in [5, 5.41) is 3.00. The lowest BCUT2D eigenvalue weighted by atomic mass is 10.0. The van der Waals surface area contributed by atoms with E-state index in [1.165, 1.54) is 0 Å². The molecule has 0 bridgehead atoms. The van der Waals surface area contributed by atoms with Crippen LogP contribution in [-0.4, -0.2) is 41.7 Å². The summed E-state index contributed by atoms with van der Waals surface area (Å²) in [6, 6.07) is 11.2. The maximum atomic E-state index is 13.0. The second-order valence-electron chi connectivity index (χ2n) is 7.08. The first-order valence-electron chi connectivity index (χ1n) is 9.74. The predicted molar refractivity (Wildman–Crippen MR) is 106 cm³/mol. The summed E-state index contributed by atoms with van der Waals surface area (Å²) in [6.45, 7) is 1.69.